The minimum absolute atomic E-state index is 0.0425. The average molecular weight is 376 g/mol. The van der Waals surface area contributed by atoms with E-state index in [0.29, 0.717) is 6.07 Å². The summed E-state index contributed by atoms with van der Waals surface area (Å²) < 4.78 is 38.1. The molecule has 1 aliphatic carbocycles. The van der Waals surface area contributed by atoms with E-state index in [0.717, 1.165) is 56.0 Å². The summed E-state index contributed by atoms with van der Waals surface area (Å²) >= 11 is 0.895. The molecule has 25 heavy (non-hydrogen) atoms. The molecule has 1 saturated carbocycles. The molecule has 0 N–H and O–H groups in total. The molecule has 2 rings (SSSR count). The van der Waals surface area contributed by atoms with E-state index >= 15 is 0 Å². The molecule has 0 bridgehead atoms. The number of thioether (sulfide) groups is 1. The highest BCUT2D eigenvalue weighted by atomic mass is 32.2. The quantitative estimate of drug-likeness (QED) is 0.431. The Labute approximate surface area is 147 Å². The Morgan fingerprint density at radius 2 is 1.96 bits per heavy atom. The molecule has 1 aromatic rings. The highest BCUT2D eigenvalue weighted by Gasteiger charge is 2.33. The van der Waals surface area contributed by atoms with E-state index in [9.17, 15) is 28.1 Å². The second-order valence-electron chi connectivity index (χ2n) is 6.02. The van der Waals surface area contributed by atoms with E-state index in [1.54, 1.807) is 11.9 Å². The SMILES string of the molecule is CN(C(=O)CSc1ccc(C(F)(F)F)cc1[N+](=O)[O-])C1CCCCC1. The van der Waals surface area contributed by atoms with Gasteiger partial charge in [-0.1, -0.05) is 19.3 Å². The molecule has 1 amide bonds. The summed E-state index contributed by atoms with van der Waals surface area (Å²) in [5.41, 5.74) is -1.71. The lowest BCUT2D eigenvalue weighted by atomic mass is 9.94. The first-order valence-corrected chi connectivity index (χ1v) is 8.93. The second-order valence-corrected chi connectivity index (χ2v) is 7.04. The van der Waals surface area contributed by atoms with Crippen molar-refractivity contribution >= 4 is 23.4 Å². The molecule has 1 fully saturated rings. The second kappa shape index (κ2) is 8.07. The Hall–Kier alpha value is -1.77. The van der Waals surface area contributed by atoms with Gasteiger partial charge in [0.1, 0.15) is 0 Å². The van der Waals surface area contributed by atoms with E-state index < -0.39 is 22.4 Å². The molecule has 1 aliphatic rings. The van der Waals surface area contributed by atoms with E-state index in [4.69, 9.17) is 0 Å². The third-order valence-corrected chi connectivity index (χ3v) is 5.40. The molecule has 0 unspecified atom stereocenters. The molecular formula is C16H19F3N2O3S. The predicted molar refractivity (Wildman–Crippen MR) is 88.5 cm³/mol. The lowest BCUT2D eigenvalue weighted by molar-refractivity contribution is -0.388. The fourth-order valence-corrected chi connectivity index (χ4v) is 3.80. The van der Waals surface area contributed by atoms with Gasteiger partial charge < -0.3 is 4.90 Å². The van der Waals surface area contributed by atoms with Gasteiger partial charge in [0.15, 0.2) is 0 Å². The average Bonchev–Trinajstić information content (AvgIpc) is 2.58. The molecule has 1 aromatic carbocycles. The molecule has 0 spiro atoms. The first kappa shape index (κ1) is 19.6. The van der Waals surface area contributed by atoms with E-state index in [2.05, 4.69) is 0 Å². The molecule has 0 atom stereocenters. The summed E-state index contributed by atoms with van der Waals surface area (Å²) in [6.45, 7) is 0. The maximum absolute atomic E-state index is 12.7. The van der Waals surface area contributed by atoms with Crippen LogP contribution in [0.4, 0.5) is 18.9 Å². The van der Waals surface area contributed by atoms with Crippen molar-refractivity contribution < 1.29 is 22.9 Å². The molecule has 0 saturated heterocycles. The van der Waals surface area contributed by atoms with Gasteiger partial charge in [-0.05, 0) is 25.0 Å². The largest absolute Gasteiger partial charge is 0.416 e. The first-order valence-electron chi connectivity index (χ1n) is 7.94. The number of rotatable bonds is 5. The van der Waals surface area contributed by atoms with Gasteiger partial charge in [0.05, 0.1) is 21.1 Å². The van der Waals surface area contributed by atoms with Crippen molar-refractivity contribution in [3.63, 3.8) is 0 Å². The molecule has 5 nitrogen and oxygen atoms in total. The number of hydrogen-bond donors (Lipinski definition) is 0. The smallest absolute Gasteiger partial charge is 0.342 e. The van der Waals surface area contributed by atoms with Gasteiger partial charge in [0, 0.05) is 19.2 Å². The van der Waals surface area contributed by atoms with Gasteiger partial charge in [-0.2, -0.15) is 13.2 Å². The van der Waals surface area contributed by atoms with Crippen molar-refractivity contribution in [3.05, 3.63) is 33.9 Å². The zero-order valence-electron chi connectivity index (χ0n) is 13.7. The van der Waals surface area contributed by atoms with E-state index in [1.165, 1.54) is 0 Å². The lowest BCUT2D eigenvalue weighted by Gasteiger charge is -2.31. The van der Waals surface area contributed by atoms with Gasteiger partial charge >= 0.3 is 6.18 Å². The Kier molecular flexibility index (Phi) is 6.31. The number of halogens is 3. The third kappa shape index (κ3) is 5.10. The van der Waals surface area contributed by atoms with Crippen LogP contribution in [-0.2, 0) is 11.0 Å². The normalized spacial score (nSPS) is 15.8. The van der Waals surface area contributed by atoms with E-state index in [-0.39, 0.29) is 22.6 Å². The van der Waals surface area contributed by atoms with Crippen LogP contribution in [0.5, 0.6) is 0 Å². The van der Waals surface area contributed by atoms with Crippen molar-refractivity contribution in [3.8, 4) is 0 Å². The molecule has 9 heteroatoms. The highest BCUT2D eigenvalue weighted by molar-refractivity contribution is 8.00. The molecule has 0 aliphatic heterocycles. The van der Waals surface area contributed by atoms with Crippen LogP contribution in [0.25, 0.3) is 0 Å². The number of nitro benzene ring substituents is 1. The molecule has 0 aromatic heterocycles. The number of hydrogen-bond acceptors (Lipinski definition) is 4. The lowest BCUT2D eigenvalue weighted by Crippen LogP contribution is -2.39. The maximum Gasteiger partial charge on any atom is 0.416 e. The van der Waals surface area contributed by atoms with Crippen LogP contribution >= 0.6 is 11.8 Å². The van der Waals surface area contributed by atoms with Crippen LogP contribution in [0.1, 0.15) is 37.7 Å². The minimum atomic E-state index is -4.65. The molecule has 138 valence electrons. The Morgan fingerprint density at radius 3 is 2.52 bits per heavy atom. The summed E-state index contributed by atoms with van der Waals surface area (Å²) in [5.74, 6) is -0.217. The maximum atomic E-state index is 12.7. The highest BCUT2D eigenvalue weighted by Crippen LogP contribution is 2.36. The standard InChI is InChI=1S/C16H19F3N2O3S/c1-20(12-5-3-2-4-6-12)15(22)10-25-14-8-7-11(16(17,18)19)9-13(14)21(23)24/h7-9,12H,2-6,10H2,1H3. The van der Waals surface area contributed by atoms with Gasteiger partial charge in [0.25, 0.3) is 5.69 Å². The van der Waals surface area contributed by atoms with Gasteiger partial charge in [-0.25, -0.2) is 0 Å². The van der Waals surface area contributed by atoms with Crippen LogP contribution < -0.4 is 0 Å². The van der Waals surface area contributed by atoms with Crippen LogP contribution in [0.3, 0.4) is 0 Å². The Bertz CT molecular complexity index is 646. The van der Waals surface area contributed by atoms with Crippen LogP contribution in [0.2, 0.25) is 0 Å². The Balaban J connectivity index is 2.06. The summed E-state index contributed by atoms with van der Waals surface area (Å²) in [5, 5.41) is 11.1. The number of benzene rings is 1. The summed E-state index contributed by atoms with van der Waals surface area (Å²) in [6, 6.07) is 2.53. The van der Waals surface area contributed by atoms with Crippen molar-refractivity contribution in [2.75, 3.05) is 12.8 Å². The predicted octanol–water partition coefficient (Wildman–Crippen LogP) is 4.50. The summed E-state index contributed by atoms with van der Waals surface area (Å²) in [4.78, 5) is 24.2. The number of carbonyl (C=O) groups excluding carboxylic acids is 1. The third-order valence-electron chi connectivity index (χ3n) is 4.35. The zero-order valence-corrected chi connectivity index (χ0v) is 14.5. The van der Waals surface area contributed by atoms with Crippen molar-refractivity contribution in [2.45, 2.75) is 49.2 Å². The molecule has 0 radical (unpaired) electrons. The number of amides is 1. The van der Waals surface area contributed by atoms with Crippen LogP contribution in [-0.4, -0.2) is 34.6 Å². The van der Waals surface area contributed by atoms with Gasteiger partial charge in [-0.3, -0.25) is 14.9 Å². The van der Waals surface area contributed by atoms with E-state index in [1.807, 2.05) is 0 Å². The molecule has 0 heterocycles. The van der Waals surface area contributed by atoms with Crippen molar-refractivity contribution in [1.82, 2.24) is 4.90 Å². The van der Waals surface area contributed by atoms with Crippen LogP contribution in [0, 0.1) is 10.1 Å². The zero-order chi connectivity index (χ0) is 18.6. The number of carbonyl (C=O) groups is 1. The fraction of sp³-hybridized carbons (Fsp3) is 0.562. The fourth-order valence-electron chi connectivity index (χ4n) is 2.87. The Morgan fingerprint density at radius 1 is 1.32 bits per heavy atom. The first-order chi connectivity index (χ1) is 11.7. The summed E-state index contributed by atoms with van der Waals surface area (Å²) in [6.07, 6.45) is 0.524. The van der Waals surface area contributed by atoms with Crippen LogP contribution in [0.15, 0.2) is 23.1 Å². The number of nitro groups is 1. The summed E-state index contributed by atoms with van der Waals surface area (Å²) in [7, 11) is 1.71. The number of nitrogens with zero attached hydrogens (tertiary/aromatic N) is 2. The molecular weight excluding hydrogens is 357 g/mol. The monoisotopic (exact) mass is 376 g/mol. The van der Waals surface area contributed by atoms with Gasteiger partial charge in [-0.15, -0.1) is 11.8 Å². The number of alkyl halides is 3. The van der Waals surface area contributed by atoms with Crippen molar-refractivity contribution in [1.29, 1.82) is 0 Å². The van der Waals surface area contributed by atoms with Gasteiger partial charge in [0.2, 0.25) is 5.91 Å². The van der Waals surface area contributed by atoms with Crippen molar-refractivity contribution in [2.24, 2.45) is 0 Å². The topological polar surface area (TPSA) is 63.5 Å². The minimum Gasteiger partial charge on any atom is -0.342 e.